The molecule has 0 aromatic carbocycles. The Morgan fingerprint density at radius 3 is 2.20 bits per heavy atom. The molecule has 0 saturated carbocycles. The van der Waals surface area contributed by atoms with Gasteiger partial charge >= 0.3 is 0 Å². The number of hydrogen-bond donors (Lipinski definition) is 0. The minimum absolute atomic E-state index is 0.581. The number of rotatable bonds is 2. The molecule has 0 aromatic heterocycles. The lowest BCUT2D eigenvalue weighted by Crippen LogP contribution is -2.16. The molecule has 0 aromatic rings. The number of thiocarbonyl (C=S) groups is 1. The van der Waals surface area contributed by atoms with Crippen LogP contribution in [0.5, 0.6) is 0 Å². The van der Waals surface area contributed by atoms with Crippen LogP contribution in [0, 0.1) is 5.92 Å². The van der Waals surface area contributed by atoms with Crippen LogP contribution < -0.4 is 0 Å². The fourth-order valence-corrected chi connectivity index (χ4v) is 0.502. The van der Waals surface area contributed by atoms with Crippen LogP contribution >= 0.6 is 12.2 Å². The average molecular weight is 157 g/mol. The van der Waals surface area contributed by atoms with Gasteiger partial charge in [0.1, 0.15) is 4.99 Å². The minimum Gasteiger partial charge on any atom is -0.369 e. The van der Waals surface area contributed by atoms with Crippen LogP contribution in [0.15, 0.2) is 12.2 Å². The Morgan fingerprint density at radius 2 is 1.90 bits per heavy atom. The first-order valence-corrected chi connectivity index (χ1v) is 3.84. The van der Waals surface area contributed by atoms with Crippen molar-refractivity contribution in [2.45, 2.75) is 13.8 Å². The summed E-state index contributed by atoms with van der Waals surface area (Å²) in [6.45, 7) is 4.27. The van der Waals surface area contributed by atoms with Crippen molar-refractivity contribution in [2.75, 3.05) is 14.1 Å². The molecule has 0 bridgehead atoms. The van der Waals surface area contributed by atoms with Crippen molar-refractivity contribution in [1.82, 2.24) is 4.90 Å². The average Bonchev–Trinajstić information content (AvgIpc) is 1.82. The summed E-state index contributed by atoms with van der Waals surface area (Å²) in [6, 6.07) is 0. The maximum absolute atomic E-state index is 5.04. The highest BCUT2D eigenvalue weighted by atomic mass is 32.1. The van der Waals surface area contributed by atoms with E-state index in [1.54, 1.807) is 0 Å². The molecule has 0 saturated heterocycles. The van der Waals surface area contributed by atoms with Gasteiger partial charge < -0.3 is 4.90 Å². The van der Waals surface area contributed by atoms with Crippen molar-refractivity contribution in [3.63, 3.8) is 0 Å². The predicted molar refractivity (Wildman–Crippen MR) is 50.3 cm³/mol. The van der Waals surface area contributed by atoms with E-state index in [0.717, 1.165) is 4.99 Å². The number of likely N-dealkylation sites (N-methyl/N-ethyl adjacent to an activating group) is 1. The van der Waals surface area contributed by atoms with E-state index in [2.05, 4.69) is 19.9 Å². The Balaban J connectivity index is 3.79. The Morgan fingerprint density at radius 1 is 1.40 bits per heavy atom. The third kappa shape index (κ3) is 4.50. The van der Waals surface area contributed by atoms with Gasteiger partial charge in [0.05, 0.1) is 0 Å². The van der Waals surface area contributed by atoms with Crippen LogP contribution in [0.1, 0.15) is 13.8 Å². The molecular weight excluding hydrogens is 142 g/mol. The Bertz CT molecular complexity index is 136. The number of hydrogen-bond acceptors (Lipinski definition) is 1. The second kappa shape index (κ2) is 4.45. The molecule has 1 nitrogen and oxygen atoms in total. The van der Waals surface area contributed by atoms with Gasteiger partial charge in [0.15, 0.2) is 0 Å². The van der Waals surface area contributed by atoms with Crippen molar-refractivity contribution in [2.24, 2.45) is 5.92 Å². The molecule has 0 N–H and O–H groups in total. The monoisotopic (exact) mass is 157 g/mol. The van der Waals surface area contributed by atoms with Crippen molar-refractivity contribution < 1.29 is 0 Å². The lowest BCUT2D eigenvalue weighted by atomic mass is 10.2. The minimum atomic E-state index is 0.581. The predicted octanol–water partition coefficient (Wildman–Crippen LogP) is 2.09. The van der Waals surface area contributed by atoms with Gasteiger partial charge in [-0.25, -0.2) is 0 Å². The SMILES string of the molecule is CC(C)C=CC(=S)N(C)C. The van der Waals surface area contributed by atoms with Gasteiger partial charge in [0.2, 0.25) is 0 Å². The molecule has 58 valence electrons. The fraction of sp³-hybridized carbons (Fsp3) is 0.625. The molecule has 0 spiro atoms. The largest absolute Gasteiger partial charge is 0.369 e. The first kappa shape index (κ1) is 9.63. The summed E-state index contributed by atoms with van der Waals surface area (Å²) >= 11 is 5.04. The zero-order valence-electron chi connectivity index (χ0n) is 7.09. The van der Waals surface area contributed by atoms with Crippen LogP contribution in [0.4, 0.5) is 0 Å². The first-order valence-electron chi connectivity index (χ1n) is 3.43. The van der Waals surface area contributed by atoms with Gasteiger partial charge in [-0.15, -0.1) is 0 Å². The maximum Gasteiger partial charge on any atom is 0.101 e. The zero-order chi connectivity index (χ0) is 8.15. The molecule has 0 atom stereocenters. The first-order chi connectivity index (χ1) is 4.54. The summed E-state index contributed by atoms with van der Waals surface area (Å²) < 4.78 is 0. The molecular formula is C8H15NS. The van der Waals surface area contributed by atoms with Crippen LogP contribution in [-0.4, -0.2) is 24.0 Å². The zero-order valence-corrected chi connectivity index (χ0v) is 7.90. The Hall–Kier alpha value is -0.370. The molecule has 0 fully saturated rings. The van der Waals surface area contributed by atoms with Crippen LogP contribution in [-0.2, 0) is 0 Å². The third-order valence-corrected chi connectivity index (χ3v) is 1.57. The van der Waals surface area contributed by atoms with E-state index in [0.29, 0.717) is 5.92 Å². The Kier molecular flexibility index (Phi) is 4.28. The van der Waals surface area contributed by atoms with E-state index in [9.17, 15) is 0 Å². The summed E-state index contributed by atoms with van der Waals surface area (Å²) in [5, 5.41) is 0. The second-order valence-corrected chi connectivity index (χ2v) is 3.25. The smallest absolute Gasteiger partial charge is 0.101 e. The summed E-state index contributed by atoms with van der Waals surface area (Å²) in [7, 11) is 3.90. The molecule has 2 heteroatoms. The number of allylic oxidation sites excluding steroid dienone is 1. The second-order valence-electron chi connectivity index (χ2n) is 2.84. The summed E-state index contributed by atoms with van der Waals surface area (Å²) in [6.07, 6.45) is 4.07. The van der Waals surface area contributed by atoms with E-state index in [1.807, 2.05) is 25.1 Å². The molecule has 0 heterocycles. The van der Waals surface area contributed by atoms with Gasteiger partial charge in [-0.05, 0) is 12.0 Å². The summed E-state index contributed by atoms with van der Waals surface area (Å²) in [5.41, 5.74) is 0. The van der Waals surface area contributed by atoms with E-state index < -0.39 is 0 Å². The maximum atomic E-state index is 5.04. The van der Waals surface area contributed by atoms with Gasteiger partial charge in [0, 0.05) is 14.1 Å². The van der Waals surface area contributed by atoms with E-state index >= 15 is 0 Å². The molecule has 0 aliphatic carbocycles. The molecule has 0 amide bonds. The van der Waals surface area contributed by atoms with Crippen LogP contribution in [0.2, 0.25) is 0 Å². The molecule has 10 heavy (non-hydrogen) atoms. The third-order valence-electron chi connectivity index (χ3n) is 1.06. The quantitative estimate of drug-likeness (QED) is 0.446. The van der Waals surface area contributed by atoms with Gasteiger partial charge in [-0.1, -0.05) is 32.1 Å². The lowest BCUT2D eigenvalue weighted by molar-refractivity contribution is 0.638. The number of nitrogens with zero attached hydrogens (tertiary/aromatic N) is 1. The molecule has 0 unspecified atom stereocenters. The van der Waals surface area contributed by atoms with Gasteiger partial charge in [0.25, 0.3) is 0 Å². The van der Waals surface area contributed by atoms with Crippen molar-refractivity contribution in [3.05, 3.63) is 12.2 Å². The normalized spacial score (nSPS) is 10.9. The molecule has 0 aliphatic rings. The molecule has 0 radical (unpaired) electrons. The van der Waals surface area contributed by atoms with E-state index in [4.69, 9.17) is 12.2 Å². The Labute approximate surface area is 68.7 Å². The van der Waals surface area contributed by atoms with Crippen LogP contribution in [0.3, 0.4) is 0 Å². The highest BCUT2D eigenvalue weighted by molar-refractivity contribution is 7.80. The highest BCUT2D eigenvalue weighted by Gasteiger charge is 1.91. The van der Waals surface area contributed by atoms with Crippen LogP contribution in [0.25, 0.3) is 0 Å². The van der Waals surface area contributed by atoms with Crippen molar-refractivity contribution >= 4 is 17.2 Å². The van der Waals surface area contributed by atoms with Crippen molar-refractivity contribution in [1.29, 1.82) is 0 Å². The van der Waals surface area contributed by atoms with Crippen molar-refractivity contribution in [3.8, 4) is 0 Å². The van der Waals surface area contributed by atoms with Gasteiger partial charge in [-0.2, -0.15) is 0 Å². The fourth-order valence-electron chi connectivity index (χ4n) is 0.424. The van der Waals surface area contributed by atoms with E-state index in [1.165, 1.54) is 0 Å². The lowest BCUT2D eigenvalue weighted by Gasteiger charge is -2.09. The molecule has 0 rings (SSSR count). The van der Waals surface area contributed by atoms with Gasteiger partial charge in [-0.3, -0.25) is 0 Å². The summed E-state index contributed by atoms with van der Waals surface area (Å²) in [4.78, 5) is 2.81. The van der Waals surface area contributed by atoms with E-state index in [-0.39, 0.29) is 0 Å². The molecule has 0 aliphatic heterocycles. The highest BCUT2D eigenvalue weighted by Crippen LogP contribution is 1.95. The standard InChI is InChI=1S/C8H15NS/c1-7(2)5-6-8(10)9(3)4/h5-7H,1-4H3. The topological polar surface area (TPSA) is 3.24 Å². The summed E-state index contributed by atoms with van der Waals surface area (Å²) in [5.74, 6) is 0.581.